The number of ether oxygens (including phenoxy) is 3. The molecular formula is C22H29N5O3. The minimum atomic E-state index is 0.375. The summed E-state index contributed by atoms with van der Waals surface area (Å²) in [6.07, 6.45) is 6.34. The summed E-state index contributed by atoms with van der Waals surface area (Å²) in [5, 5.41) is 7.40. The number of likely N-dealkylation sites (N-methyl/N-ethyl adjacent to an activating group) is 1. The van der Waals surface area contributed by atoms with E-state index in [1.165, 1.54) is 5.70 Å². The van der Waals surface area contributed by atoms with Crippen LogP contribution in [0.15, 0.2) is 48.3 Å². The average molecular weight is 412 g/mol. The molecule has 0 atom stereocenters. The van der Waals surface area contributed by atoms with Gasteiger partial charge in [-0.1, -0.05) is 0 Å². The van der Waals surface area contributed by atoms with Crippen LogP contribution in [-0.2, 0) is 6.61 Å². The van der Waals surface area contributed by atoms with Crippen molar-refractivity contribution < 1.29 is 14.2 Å². The van der Waals surface area contributed by atoms with Crippen molar-refractivity contribution in [3.63, 3.8) is 0 Å². The zero-order valence-electron chi connectivity index (χ0n) is 17.8. The van der Waals surface area contributed by atoms with E-state index < -0.39 is 0 Å². The molecule has 8 nitrogen and oxygen atoms in total. The molecule has 1 aromatic heterocycles. The second-order valence-corrected chi connectivity index (χ2v) is 7.52. The number of piperazine rings is 1. The topological polar surface area (TPSA) is 66.1 Å². The maximum absolute atomic E-state index is 5.88. The number of H-pyrrole nitrogens is 1. The van der Waals surface area contributed by atoms with Crippen LogP contribution < -0.4 is 19.1 Å². The van der Waals surface area contributed by atoms with E-state index >= 15 is 0 Å². The van der Waals surface area contributed by atoms with Gasteiger partial charge in [0.25, 0.3) is 0 Å². The van der Waals surface area contributed by atoms with Gasteiger partial charge in [-0.2, -0.15) is 0 Å². The predicted molar refractivity (Wildman–Crippen MR) is 116 cm³/mol. The molecule has 4 rings (SSSR count). The maximum Gasteiger partial charge on any atom is 0.235 e. The van der Waals surface area contributed by atoms with Gasteiger partial charge in [0.1, 0.15) is 23.9 Å². The third-order valence-corrected chi connectivity index (χ3v) is 5.44. The summed E-state index contributed by atoms with van der Waals surface area (Å²) in [5.41, 5.74) is 2.28. The second-order valence-electron chi connectivity index (χ2n) is 7.52. The van der Waals surface area contributed by atoms with Crippen molar-refractivity contribution in [2.24, 2.45) is 0 Å². The standard InChI is InChI=1S/C22H29N5O3/c1-25-7-9-26(10-8-25)18-5-4-6-27(15-18)21-14-22(24-23-21)30-16-17-11-19(28-2)13-20(12-17)29-3/h4-6,11-14H,7-10,15-16H2,1-3H3,(H,23,24). The molecule has 0 spiro atoms. The van der Waals surface area contributed by atoms with E-state index in [2.05, 4.69) is 50.3 Å². The van der Waals surface area contributed by atoms with E-state index in [9.17, 15) is 0 Å². The monoisotopic (exact) mass is 411 g/mol. The molecule has 0 aliphatic carbocycles. The first-order valence-corrected chi connectivity index (χ1v) is 10.1. The molecule has 160 valence electrons. The molecule has 2 aliphatic rings. The smallest absolute Gasteiger partial charge is 0.235 e. The van der Waals surface area contributed by atoms with Crippen LogP contribution in [0.5, 0.6) is 17.4 Å². The highest BCUT2D eigenvalue weighted by atomic mass is 16.5. The fourth-order valence-corrected chi connectivity index (χ4v) is 3.62. The Morgan fingerprint density at radius 3 is 2.43 bits per heavy atom. The van der Waals surface area contributed by atoms with Crippen LogP contribution >= 0.6 is 0 Å². The summed E-state index contributed by atoms with van der Waals surface area (Å²) in [4.78, 5) is 6.98. The summed E-state index contributed by atoms with van der Waals surface area (Å²) in [6.45, 7) is 5.50. The Labute approximate surface area is 177 Å². The van der Waals surface area contributed by atoms with Gasteiger partial charge in [-0.15, -0.1) is 5.10 Å². The Morgan fingerprint density at radius 1 is 1.00 bits per heavy atom. The van der Waals surface area contributed by atoms with Gasteiger partial charge in [-0.25, -0.2) is 0 Å². The lowest BCUT2D eigenvalue weighted by atomic mass is 10.2. The van der Waals surface area contributed by atoms with Crippen LogP contribution in [0, 0.1) is 0 Å². The number of methoxy groups -OCH3 is 2. The van der Waals surface area contributed by atoms with Gasteiger partial charge in [-0.05, 0) is 36.9 Å². The average Bonchev–Trinajstić information content (AvgIpc) is 3.27. The molecular weight excluding hydrogens is 382 g/mol. The van der Waals surface area contributed by atoms with Crippen molar-refractivity contribution in [2.45, 2.75) is 6.61 Å². The highest BCUT2D eigenvalue weighted by Gasteiger charge is 2.20. The number of benzene rings is 1. The number of nitrogens with one attached hydrogen (secondary N) is 1. The van der Waals surface area contributed by atoms with Crippen molar-refractivity contribution in [2.75, 3.05) is 58.9 Å². The molecule has 3 heterocycles. The second kappa shape index (κ2) is 9.13. The number of aromatic amines is 1. The zero-order chi connectivity index (χ0) is 20.9. The normalized spacial score (nSPS) is 17.1. The maximum atomic E-state index is 5.88. The van der Waals surface area contributed by atoms with Crippen LogP contribution in [0.4, 0.5) is 5.82 Å². The van der Waals surface area contributed by atoms with Gasteiger partial charge in [-0.3, -0.25) is 5.10 Å². The molecule has 0 saturated carbocycles. The highest BCUT2D eigenvalue weighted by Crippen LogP contribution is 2.25. The lowest BCUT2D eigenvalue weighted by Gasteiger charge is -2.37. The molecule has 1 N–H and O–H groups in total. The van der Waals surface area contributed by atoms with Gasteiger partial charge in [0.05, 0.1) is 20.8 Å². The molecule has 0 radical (unpaired) electrons. The van der Waals surface area contributed by atoms with Gasteiger partial charge < -0.3 is 28.9 Å². The third-order valence-electron chi connectivity index (χ3n) is 5.44. The number of rotatable bonds is 7. The zero-order valence-corrected chi connectivity index (χ0v) is 17.8. The molecule has 0 unspecified atom stereocenters. The minimum Gasteiger partial charge on any atom is -0.497 e. The first-order chi connectivity index (χ1) is 14.6. The van der Waals surface area contributed by atoms with Gasteiger partial charge in [0.2, 0.25) is 5.88 Å². The molecule has 30 heavy (non-hydrogen) atoms. The Hall–Kier alpha value is -3.13. The molecule has 0 amide bonds. The minimum absolute atomic E-state index is 0.375. The van der Waals surface area contributed by atoms with E-state index in [-0.39, 0.29) is 0 Å². The van der Waals surface area contributed by atoms with Gasteiger partial charge in [0, 0.05) is 50.2 Å². The van der Waals surface area contributed by atoms with Crippen LogP contribution in [-0.4, -0.2) is 74.0 Å². The lowest BCUT2D eigenvalue weighted by molar-refractivity contribution is 0.184. The Kier molecular flexibility index (Phi) is 6.13. The molecule has 2 aliphatic heterocycles. The van der Waals surface area contributed by atoms with E-state index in [0.717, 1.165) is 55.6 Å². The van der Waals surface area contributed by atoms with Crippen LogP contribution in [0.25, 0.3) is 0 Å². The number of hydrogen-bond donors (Lipinski definition) is 1. The van der Waals surface area contributed by atoms with Crippen LogP contribution in [0.1, 0.15) is 5.56 Å². The fourth-order valence-electron chi connectivity index (χ4n) is 3.62. The van der Waals surface area contributed by atoms with Crippen LogP contribution in [0.2, 0.25) is 0 Å². The SMILES string of the molecule is COc1cc(COc2cc(N3C=CC=C(N4CCN(C)CC4)C3)[nH]n2)cc(OC)c1. The van der Waals surface area contributed by atoms with Crippen molar-refractivity contribution >= 4 is 5.82 Å². The summed E-state index contributed by atoms with van der Waals surface area (Å²) < 4.78 is 16.5. The van der Waals surface area contributed by atoms with Crippen LogP contribution in [0.3, 0.4) is 0 Å². The summed E-state index contributed by atoms with van der Waals surface area (Å²) in [6, 6.07) is 7.62. The Balaban J connectivity index is 1.36. The van der Waals surface area contributed by atoms with Crippen molar-refractivity contribution in [3.05, 3.63) is 53.9 Å². The molecule has 0 bridgehead atoms. The molecule has 2 aromatic rings. The van der Waals surface area contributed by atoms with Gasteiger partial charge in [0.15, 0.2) is 0 Å². The van der Waals surface area contributed by atoms with Crippen molar-refractivity contribution in [3.8, 4) is 17.4 Å². The fraction of sp³-hybridized carbons (Fsp3) is 0.409. The first-order valence-electron chi connectivity index (χ1n) is 10.1. The lowest BCUT2D eigenvalue weighted by Crippen LogP contribution is -2.45. The summed E-state index contributed by atoms with van der Waals surface area (Å²) >= 11 is 0. The number of anilines is 1. The predicted octanol–water partition coefficient (Wildman–Crippen LogP) is 2.47. The molecule has 1 saturated heterocycles. The molecule has 8 heteroatoms. The van der Waals surface area contributed by atoms with Gasteiger partial charge >= 0.3 is 0 Å². The van der Waals surface area contributed by atoms with Crippen molar-refractivity contribution in [1.82, 2.24) is 20.0 Å². The number of allylic oxidation sites excluding steroid dienone is 2. The summed E-state index contributed by atoms with van der Waals surface area (Å²) in [5.74, 6) is 2.93. The number of hydrogen-bond acceptors (Lipinski definition) is 7. The Morgan fingerprint density at radius 2 is 1.73 bits per heavy atom. The molecule has 1 aromatic carbocycles. The van der Waals surface area contributed by atoms with E-state index in [1.807, 2.05) is 24.3 Å². The largest absolute Gasteiger partial charge is 0.497 e. The third kappa shape index (κ3) is 4.71. The van der Waals surface area contributed by atoms with E-state index in [4.69, 9.17) is 14.2 Å². The molecule has 1 fully saturated rings. The van der Waals surface area contributed by atoms with E-state index in [0.29, 0.717) is 12.5 Å². The number of nitrogens with zero attached hydrogens (tertiary/aromatic N) is 4. The van der Waals surface area contributed by atoms with E-state index in [1.54, 1.807) is 14.2 Å². The Bertz CT molecular complexity index is 893. The first kappa shape index (κ1) is 20.2. The highest BCUT2D eigenvalue weighted by molar-refractivity contribution is 5.48. The quantitative estimate of drug-likeness (QED) is 0.751. The van der Waals surface area contributed by atoms with Crippen molar-refractivity contribution in [1.29, 1.82) is 0 Å². The summed E-state index contributed by atoms with van der Waals surface area (Å²) in [7, 11) is 5.44. The number of aromatic nitrogens is 2.